The van der Waals surface area contributed by atoms with Crippen LogP contribution in [-0.2, 0) is 0 Å². The lowest BCUT2D eigenvalue weighted by Crippen LogP contribution is -2.03. The second kappa shape index (κ2) is 3.70. The van der Waals surface area contributed by atoms with Crippen LogP contribution >= 0.6 is 12.4 Å². The first kappa shape index (κ1) is 9.66. The quantitative estimate of drug-likeness (QED) is 0.742. The molecular weight excluding hydrogens is 218 g/mol. The Morgan fingerprint density at radius 3 is 2.60 bits per heavy atom. The van der Waals surface area contributed by atoms with Crippen LogP contribution in [0.25, 0.3) is 11.0 Å². The van der Waals surface area contributed by atoms with Crippen LogP contribution in [0.2, 0.25) is 0 Å². The molecule has 0 aliphatic carbocycles. The van der Waals surface area contributed by atoms with E-state index in [1.165, 1.54) is 0 Å². The van der Waals surface area contributed by atoms with Crippen molar-refractivity contribution in [3.05, 3.63) is 24.3 Å². The maximum absolute atomic E-state index is 3.97. The van der Waals surface area contributed by atoms with Crippen molar-refractivity contribution in [1.82, 2.24) is 15.0 Å². The van der Waals surface area contributed by atoms with Crippen LogP contribution in [0.1, 0.15) is 6.29 Å². The maximum atomic E-state index is 3.97. The summed E-state index contributed by atoms with van der Waals surface area (Å²) in [5, 5.41) is 22.3. The minimum Gasteiger partial charge on any atom is -0.196 e. The van der Waals surface area contributed by atoms with Gasteiger partial charge in [0.1, 0.15) is 5.52 Å². The van der Waals surface area contributed by atoms with Gasteiger partial charge in [-0.25, -0.2) is 0 Å². The molecule has 76 valence electrons. The van der Waals surface area contributed by atoms with Crippen LogP contribution in [0.4, 0.5) is 0 Å². The number of nitrogens with zero attached hydrogens (tertiary/aromatic N) is 7. The van der Waals surface area contributed by atoms with Gasteiger partial charge in [0, 0.05) is 0 Å². The van der Waals surface area contributed by atoms with Crippen LogP contribution in [0, 0.1) is 0 Å². The van der Waals surface area contributed by atoms with Crippen LogP contribution in [0.5, 0.6) is 0 Å². The Labute approximate surface area is 90.3 Å². The van der Waals surface area contributed by atoms with E-state index in [2.05, 4.69) is 31.0 Å². The highest BCUT2D eigenvalue weighted by Crippen LogP contribution is 2.20. The zero-order valence-corrected chi connectivity index (χ0v) is 8.24. The topological polar surface area (TPSA) is 80.1 Å². The first-order chi connectivity index (χ1) is 6.95. The average molecular weight is 224 g/mol. The summed E-state index contributed by atoms with van der Waals surface area (Å²) < 4.78 is 1.58. The van der Waals surface area contributed by atoms with E-state index in [9.17, 15) is 0 Å². The van der Waals surface area contributed by atoms with Crippen molar-refractivity contribution in [3.63, 3.8) is 0 Å². The van der Waals surface area contributed by atoms with Gasteiger partial charge >= 0.3 is 0 Å². The minimum absolute atomic E-state index is 0. The van der Waals surface area contributed by atoms with E-state index >= 15 is 0 Å². The highest BCUT2D eigenvalue weighted by atomic mass is 35.5. The molecule has 1 aliphatic rings. The number of hydrogen-bond acceptors (Lipinski definition) is 6. The van der Waals surface area contributed by atoms with Crippen molar-refractivity contribution >= 4 is 23.4 Å². The monoisotopic (exact) mass is 223 g/mol. The molecule has 15 heavy (non-hydrogen) atoms. The molecule has 0 amide bonds. The molecule has 1 aliphatic heterocycles. The molecule has 0 atom stereocenters. The Bertz CT molecular complexity index is 519. The molecule has 0 N–H and O–H groups in total. The fourth-order valence-electron chi connectivity index (χ4n) is 1.32. The highest BCUT2D eigenvalue weighted by Gasteiger charge is 2.15. The number of aromatic nitrogens is 3. The second-order valence-electron chi connectivity index (χ2n) is 2.78. The lowest BCUT2D eigenvalue weighted by atomic mass is 10.3. The Morgan fingerprint density at radius 1 is 1.07 bits per heavy atom. The van der Waals surface area contributed by atoms with Gasteiger partial charge in [0.25, 0.3) is 6.29 Å². The molecule has 0 spiro atoms. The van der Waals surface area contributed by atoms with Gasteiger partial charge in [0.05, 0.1) is 5.52 Å². The van der Waals surface area contributed by atoms with Crippen molar-refractivity contribution < 1.29 is 0 Å². The van der Waals surface area contributed by atoms with E-state index in [0.29, 0.717) is 0 Å². The molecule has 0 bridgehead atoms. The lowest BCUT2D eigenvalue weighted by molar-refractivity contribution is 0.485. The number of fused-ring (bicyclic) bond motifs is 1. The maximum Gasteiger partial charge on any atom is 0.278 e. The summed E-state index contributed by atoms with van der Waals surface area (Å²) in [6, 6.07) is 7.59. The lowest BCUT2D eigenvalue weighted by Gasteiger charge is -2.00. The zero-order valence-electron chi connectivity index (χ0n) is 7.43. The molecule has 7 nitrogen and oxygen atoms in total. The summed E-state index contributed by atoms with van der Waals surface area (Å²) in [4.78, 5) is 0. The van der Waals surface area contributed by atoms with Crippen molar-refractivity contribution in [2.45, 2.75) is 6.29 Å². The minimum atomic E-state index is -0.498. The molecule has 0 unspecified atom stereocenters. The Balaban J connectivity index is 0.000000853. The zero-order chi connectivity index (χ0) is 9.38. The summed E-state index contributed by atoms with van der Waals surface area (Å²) in [6.07, 6.45) is -0.498. The molecule has 0 radical (unpaired) electrons. The van der Waals surface area contributed by atoms with Crippen LogP contribution in [-0.4, -0.2) is 15.0 Å². The van der Waals surface area contributed by atoms with Gasteiger partial charge < -0.3 is 0 Å². The van der Waals surface area contributed by atoms with Crippen molar-refractivity contribution in [2.24, 2.45) is 20.7 Å². The molecule has 1 aromatic carbocycles. The summed E-state index contributed by atoms with van der Waals surface area (Å²) in [5.74, 6) is 0. The Kier molecular flexibility index (Phi) is 2.38. The smallest absolute Gasteiger partial charge is 0.196 e. The fraction of sp³-hybridized carbons (Fsp3) is 0.143. The SMILES string of the molecule is Cl.c1ccc2c(c1)nnn2C1N=NN=N1. The van der Waals surface area contributed by atoms with Gasteiger partial charge in [0.15, 0.2) is 0 Å². The number of para-hydroxylation sites is 1. The van der Waals surface area contributed by atoms with Crippen molar-refractivity contribution in [1.29, 1.82) is 0 Å². The number of rotatable bonds is 1. The van der Waals surface area contributed by atoms with Gasteiger partial charge in [-0.3, -0.25) is 0 Å². The van der Waals surface area contributed by atoms with Crippen molar-refractivity contribution in [2.75, 3.05) is 0 Å². The summed E-state index contributed by atoms with van der Waals surface area (Å²) in [7, 11) is 0. The average Bonchev–Trinajstić information content (AvgIpc) is 2.85. The molecule has 2 aromatic rings. The molecule has 1 aromatic heterocycles. The van der Waals surface area contributed by atoms with Crippen LogP contribution in [0.3, 0.4) is 0 Å². The molecule has 0 saturated heterocycles. The van der Waals surface area contributed by atoms with Gasteiger partial charge in [0.2, 0.25) is 0 Å². The first-order valence-corrected chi connectivity index (χ1v) is 4.05. The Hall–Kier alpha value is -1.89. The standard InChI is InChI=1S/C7H5N7.ClH/c1-2-4-6-5(3-1)8-13-14(6)7-9-11-12-10-7;/h1-4,7H;1H. The second-order valence-corrected chi connectivity index (χ2v) is 2.78. The third-order valence-corrected chi connectivity index (χ3v) is 1.95. The van der Waals surface area contributed by atoms with Crippen LogP contribution < -0.4 is 0 Å². The predicted octanol–water partition coefficient (Wildman–Crippen LogP) is 2.14. The summed E-state index contributed by atoms with van der Waals surface area (Å²) in [6.45, 7) is 0. The van der Waals surface area contributed by atoms with E-state index < -0.39 is 6.29 Å². The van der Waals surface area contributed by atoms with Gasteiger partial charge in [-0.1, -0.05) is 17.3 Å². The third-order valence-electron chi connectivity index (χ3n) is 1.95. The van der Waals surface area contributed by atoms with E-state index in [0.717, 1.165) is 11.0 Å². The molecule has 2 heterocycles. The van der Waals surface area contributed by atoms with Gasteiger partial charge in [-0.15, -0.1) is 27.7 Å². The molecule has 0 fully saturated rings. The predicted molar refractivity (Wildman–Crippen MR) is 53.5 cm³/mol. The summed E-state index contributed by atoms with van der Waals surface area (Å²) >= 11 is 0. The summed E-state index contributed by atoms with van der Waals surface area (Å²) in [5.41, 5.74) is 1.68. The molecule has 3 rings (SSSR count). The van der Waals surface area contributed by atoms with E-state index in [-0.39, 0.29) is 12.4 Å². The van der Waals surface area contributed by atoms with Gasteiger partial charge in [-0.05, 0) is 22.6 Å². The molecule has 8 heteroatoms. The Morgan fingerprint density at radius 2 is 1.80 bits per heavy atom. The highest BCUT2D eigenvalue weighted by molar-refractivity contribution is 5.85. The van der Waals surface area contributed by atoms with E-state index in [1.807, 2.05) is 24.3 Å². The van der Waals surface area contributed by atoms with E-state index in [4.69, 9.17) is 0 Å². The third kappa shape index (κ3) is 1.46. The van der Waals surface area contributed by atoms with Crippen molar-refractivity contribution in [3.8, 4) is 0 Å². The fourth-order valence-corrected chi connectivity index (χ4v) is 1.32. The number of benzene rings is 1. The normalized spacial score (nSPS) is 14.7. The van der Waals surface area contributed by atoms with E-state index in [1.54, 1.807) is 4.68 Å². The number of hydrogen-bond donors (Lipinski definition) is 0. The molecular formula is C7H6ClN7. The largest absolute Gasteiger partial charge is 0.278 e. The first-order valence-electron chi connectivity index (χ1n) is 4.05. The molecule has 0 saturated carbocycles. The number of halogens is 1. The van der Waals surface area contributed by atoms with Crippen LogP contribution in [0.15, 0.2) is 44.9 Å². The van der Waals surface area contributed by atoms with Gasteiger partial charge in [-0.2, -0.15) is 4.68 Å².